The van der Waals surface area contributed by atoms with Crippen LogP contribution in [-0.2, 0) is 0 Å². The average molecular weight is 116 g/mol. The summed E-state index contributed by atoms with van der Waals surface area (Å²) in [6.07, 6.45) is 0. The Hall–Kier alpha value is -0.310. The minimum atomic E-state index is 0.875. The number of nitrogens with zero attached hydrogens (tertiary/aromatic N) is 1. The highest BCUT2D eigenvalue weighted by Gasteiger charge is 2.18. The number of hydrogen-bond acceptors (Lipinski definition) is 1. The third-order valence-electron chi connectivity index (χ3n) is 0.948. The van der Waals surface area contributed by atoms with Gasteiger partial charge in [0.15, 0.2) is 5.11 Å². The maximum absolute atomic E-state index is 4.86. The summed E-state index contributed by atoms with van der Waals surface area (Å²) in [6, 6.07) is 0. The Bertz CT molecular complexity index is 87.7. The Morgan fingerprint density at radius 2 is 2.29 bits per heavy atom. The van der Waals surface area contributed by atoms with Gasteiger partial charge in [-0.25, -0.2) is 0 Å². The first-order valence-electron chi connectivity index (χ1n) is 2.31. The lowest BCUT2D eigenvalue weighted by Gasteiger charge is -1.99. The Balaban J connectivity index is 2.24. The summed E-state index contributed by atoms with van der Waals surface area (Å²) < 4.78 is 0. The van der Waals surface area contributed by atoms with Gasteiger partial charge in [-0.2, -0.15) is 0 Å². The van der Waals surface area contributed by atoms with Gasteiger partial charge < -0.3 is 10.2 Å². The summed E-state index contributed by atoms with van der Waals surface area (Å²) in [4.78, 5) is 2.09. The van der Waals surface area contributed by atoms with Crippen molar-refractivity contribution in [1.29, 1.82) is 0 Å². The molecule has 0 unspecified atom stereocenters. The molecule has 7 heavy (non-hydrogen) atoms. The Kier molecular flexibility index (Phi) is 1.15. The van der Waals surface area contributed by atoms with E-state index in [0.29, 0.717) is 0 Å². The molecule has 0 spiro atoms. The molecule has 3 heteroatoms. The maximum Gasteiger partial charge on any atom is 0.168 e. The Morgan fingerprint density at radius 3 is 2.43 bits per heavy atom. The van der Waals surface area contributed by atoms with E-state index in [1.54, 1.807) is 0 Å². The molecule has 0 aromatic rings. The molecule has 1 heterocycles. The quantitative estimate of drug-likeness (QED) is 0.349. The lowest BCUT2D eigenvalue weighted by Crippen LogP contribution is -2.23. The van der Waals surface area contributed by atoms with E-state index in [-0.39, 0.29) is 0 Å². The molecule has 40 valence electrons. The summed E-state index contributed by atoms with van der Waals surface area (Å²) in [5.41, 5.74) is 0. The minimum absolute atomic E-state index is 0.875. The number of thiocarbonyl (C=S) groups is 1. The van der Waals surface area contributed by atoms with Crippen LogP contribution in [0.1, 0.15) is 0 Å². The van der Waals surface area contributed by atoms with Crippen molar-refractivity contribution in [2.45, 2.75) is 0 Å². The van der Waals surface area contributed by atoms with E-state index < -0.39 is 0 Å². The molecular weight excluding hydrogens is 108 g/mol. The van der Waals surface area contributed by atoms with E-state index in [9.17, 15) is 0 Å². The second kappa shape index (κ2) is 1.66. The van der Waals surface area contributed by atoms with E-state index in [1.165, 1.54) is 0 Å². The molecule has 1 rings (SSSR count). The van der Waals surface area contributed by atoms with Gasteiger partial charge in [0.1, 0.15) is 0 Å². The lowest BCUT2D eigenvalue weighted by atomic mass is 11.0. The molecule has 0 amide bonds. The molecule has 0 aromatic carbocycles. The van der Waals surface area contributed by atoms with Crippen LogP contribution in [0, 0.1) is 0 Å². The van der Waals surface area contributed by atoms with Crippen LogP contribution in [0.3, 0.4) is 0 Å². The van der Waals surface area contributed by atoms with Gasteiger partial charge in [0, 0.05) is 20.1 Å². The van der Waals surface area contributed by atoms with Crippen LogP contribution in [0.4, 0.5) is 0 Å². The van der Waals surface area contributed by atoms with Gasteiger partial charge in [0.2, 0.25) is 0 Å². The topological polar surface area (TPSA) is 15.0 Å². The van der Waals surface area contributed by atoms with Crippen molar-refractivity contribution in [3.8, 4) is 0 Å². The highest BCUT2D eigenvalue weighted by Crippen LogP contribution is 2.01. The highest BCUT2D eigenvalue weighted by molar-refractivity contribution is 7.80. The summed E-state index contributed by atoms with van der Waals surface area (Å²) in [7, 11) is 1.85. The molecule has 1 saturated heterocycles. The van der Waals surface area contributed by atoms with Gasteiger partial charge in [-0.15, -0.1) is 0 Å². The predicted octanol–water partition coefficient (Wildman–Crippen LogP) is -0.194. The molecular formula is C4H8N2S. The monoisotopic (exact) mass is 116 g/mol. The van der Waals surface area contributed by atoms with Gasteiger partial charge in [-0.3, -0.25) is 0 Å². The SMILES string of the molecule is CNC(=S)N1CC1. The Morgan fingerprint density at radius 1 is 1.71 bits per heavy atom. The molecule has 0 aliphatic carbocycles. The fourth-order valence-electron chi connectivity index (χ4n) is 0.411. The van der Waals surface area contributed by atoms with Gasteiger partial charge in [-0.05, 0) is 12.2 Å². The molecule has 1 N–H and O–H groups in total. The minimum Gasteiger partial charge on any atom is -0.366 e. The molecule has 2 nitrogen and oxygen atoms in total. The summed E-state index contributed by atoms with van der Waals surface area (Å²) >= 11 is 4.86. The number of hydrogen-bond donors (Lipinski definition) is 1. The first-order valence-corrected chi connectivity index (χ1v) is 2.72. The van der Waals surface area contributed by atoms with Gasteiger partial charge in [0.25, 0.3) is 0 Å². The van der Waals surface area contributed by atoms with E-state index in [1.807, 2.05) is 7.05 Å². The zero-order valence-corrected chi connectivity index (χ0v) is 5.09. The summed E-state index contributed by atoms with van der Waals surface area (Å²) in [5.74, 6) is 0. The van der Waals surface area contributed by atoms with Crippen molar-refractivity contribution < 1.29 is 0 Å². The zero-order chi connectivity index (χ0) is 5.28. The molecule has 0 bridgehead atoms. The first-order chi connectivity index (χ1) is 3.34. The largest absolute Gasteiger partial charge is 0.366 e. The van der Waals surface area contributed by atoms with Crippen LogP contribution < -0.4 is 5.32 Å². The molecule has 0 radical (unpaired) electrons. The normalized spacial score (nSPS) is 16.4. The molecule has 0 saturated carbocycles. The van der Waals surface area contributed by atoms with Crippen molar-refractivity contribution >= 4 is 17.3 Å². The molecule has 1 aliphatic rings. The second-order valence-electron chi connectivity index (χ2n) is 1.54. The predicted molar refractivity (Wildman–Crippen MR) is 33.2 cm³/mol. The molecule has 1 aliphatic heterocycles. The van der Waals surface area contributed by atoms with E-state index in [0.717, 1.165) is 18.2 Å². The van der Waals surface area contributed by atoms with Crippen molar-refractivity contribution in [3.63, 3.8) is 0 Å². The van der Waals surface area contributed by atoms with Crippen molar-refractivity contribution in [3.05, 3.63) is 0 Å². The van der Waals surface area contributed by atoms with Crippen LogP contribution in [0.5, 0.6) is 0 Å². The molecule has 0 aromatic heterocycles. The molecule has 0 atom stereocenters. The van der Waals surface area contributed by atoms with Crippen LogP contribution in [0.25, 0.3) is 0 Å². The average Bonchev–Trinajstić information content (AvgIpc) is 2.44. The van der Waals surface area contributed by atoms with E-state index >= 15 is 0 Å². The van der Waals surface area contributed by atoms with Crippen LogP contribution >= 0.6 is 12.2 Å². The number of rotatable bonds is 0. The highest BCUT2D eigenvalue weighted by atomic mass is 32.1. The number of nitrogens with one attached hydrogen (secondary N) is 1. The Labute approximate surface area is 48.5 Å². The summed E-state index contributed by atoms with van der Waals surface area (Å²) in [6.45, 7) is 2.28. The third kappa shape index (κ3) is 1.03. The van der Waals surface area contributed by atoms with Crippen LogP contribution in [0.15, 0.2) is 0 Å². The van der Waals surface area contributed by atoms with Crippen molar-refractivity contribution in [1.82, 2.24) is 10.2 Å². The summed E-state index contributed by atoms with van der Waals surface area (Å²) in [5, 5.41) is 3.76. The third-order valence-corrected chi connectivity index (χ3v) is 1.41. The van der Waals surface area contributed by atoms with Gasteiger partial charge >= 0.3 is 0 Å². The van der Waals surface area contributed by atoms with Gasteiger partial charge in [-0.1, -0.05) is 0 Å². The van der Waals surface area contributed by atoms with E-state index in [4.69, 9.17) is 12.2 Å². The fourth-order valence-corrected chi connectivity index (χ4v) is 0.594. The van der Waals surface area contributed by atoms with Gasteiger partial charge in [0.05, 0.1) is 0 Å². The zero-order valence-electron chi connectivity index (χ0n) is 4.27. The van der Waals surface area contributed by atoms with Crippen LogP contribution in [0.2, 0.25) is 0 Å². The lowest BCUT2D eigenvalue weighted by molar-refractivity contribution is 0.817. The maximum atomic E-state index is 4.86. The fraction of sp³-hybridized carbons (Fsp3) is 0.750. The van der Waals surface area contributed by atoms with Crippen LogP contribution in [-0.4, -0.2) is 30.1 Å². The van der Waals surface area contributed by atoms with Crippen molar-refractivity contribution in [2.24, 2.45) is 0 Å². The van der Waals surface area contributed by atoms with Crippen molar-refractivity contribution in [2.75, 3.05) is 20.1 Å². The van der Waals surface area contributed by atoms with E-state index in [2.05, 4.69) is 10.2 Å². The molecule has 1 fully saturated rings. The first kappa shape index (κ1) is 4.84. The smallest absolute Gasteiger partial charge is 0.168 e. The second-order valence-corrected chi connectivity index (χ2v) is 1.93. The standard InChI is InChI=1S/C4H8N2S/c1-5-4(7)6-2-3-6/h2-3H2,1H3,(H,5,7).